The smallest absolute Gasteiger partial charge is 0.274 e. The van der Waals surface area contributed by atoms with Gasteiger partial charge in [0.1, 0.15) is 24.1 Å². The standard InChI is InChI=1S/C7H6FNO2S.C7H8FNS.C6H5FN2O2.C5H11NO2.C2H6S2.2CH4/c1-12-7-3-5(8)2-6(4-7)9(10)11;1-10-7-3-5(8)2-6(9)4-7;7-4-1-5(8)3-6(2-4)9(10)11;1-5(2)3-4-8-6-7;1-3-4-2;;/h2-4H,1H3;2-4H,9H2,1H3;1-3H,8H2;5H,3-4H2,1-2H3;1-2H3;2*1H4. The highest BCUT2D eigenvalue weighted by atomic mass is 33.1. The number of nitrogen functional groups attached to an aromatic ring is 2. The van der Waals surface area contributed by atoms with E-state index in [1.165, 1.54) is 47.8 Å². The summed E-state index contributed by atoms with van der Waals surface area (Å²) in [6.07, 6.45) is 8.63. The number of hydrogen-bond donors (Lipinski definition) is 2. The second kappa shape index (κ2) is 30.0. The lowest BCUT2D eigenvalue weighted by Crippen LogP contribution is -1.93. The highest BCUT2D eigenvalue weighted by Crippen LogP contribution is 2.22. The van der Waals surface area contributed by atoms with Crippen molar-refractivity contribution in [2.75, 3.05) is 43.1 Å². The molecule has 0 saturated carbocycles. The number of nitro benzene ring substituents is 2. The summed E-state index contributed by atoms with van der Waals surface area (Å²) < 4.78 is 37.6. The van der Waals surface area contributed by atoms with E-state index in [9.17, 15) is 38.3 Å². The first kappa shape index (κ1) is 50.5. The van der Waals surface area contributed by atoms with Crippen LogP contribution in [0, 0.1) is 48.5 Å². The number of benzene rings is 3. The molecule has 47 heavy (non-hydrogen) atoms. The Bertz CT molecular complexity index is 1290. The van der Waals surface area contributed by atoms with E-state index < -0.39 is 21.5 Å². The van der Waals surface area contributed by atoms with E-state index in [-0.39, 0.29) is 37.7 Å². The highest BCUT2D eigenvalue weighted by molar-refractivity contribution is 8.76. The summed E-state index contributed by atoms with van der Waals surface area (Å²) >= 11 is 2.75. The number of anilines is 2. The number of nitro groups is 2. The number of rotatable bonds is 9. The minimum Gasteiger partial charge on any atom is -0.399 e. The predicted octanol–water partition coefficient (Wildman–Crippen LogP) is 10.5. The number of halogens is 3. The predicted molar refractivity (Wildman–Crippen MR) is 197 cm³/mol. The van der Waals surface area contributed by atoms with Crippen LogP contribution in [0.1, 0.15) is 35.1 Å². The summed E-state index contributed by atoms with van der Waals surface area (Å²) in [5.74, 6) is -0.966. The molecule has 3 aromatic carbocycles. The van der Waals surface area contributed by atoms with Crippen LogP contribution in [-0.2, 0) is 4.84 Å². The van der Waals surface area contributed by atoms with Crippen LogP contribution in [0.3, 0.4) is 0 Å². The van der Waals surface area contributed by atoms with E-state index in [1.807, 2.05) is 6.26 Å². The van der Waals surface area contributed by atoms with E-state index >= 15 is 0 Å². The molecule has 0 aliphatic carbocycles. The van der Waals surface area contributed by atoms with Gasteiger partial charge in [-0.2, -0.15) is 0 Å². The van der Waals surface area contributed by atoms with Crippen LogP contribution in [0.2, 0.25) is 0 Å². The van der Waals surface area contributed by atoms with Crippen molar-refractivity contribution in [1.29, 1.82) is 0 Å². The molecule has 0 aromatic heterocycles. The van der Waals surface area contributed by atoms with Crippen molar-refractivity contribution < 1.29 is 27.9 Å². The van der Waals surface area contributed by atoms with Gasteiger partial charge in [-0.3, -0.25) is 20.2 Å². The molecule has 18 heteroatoms. The first-order valence-corrected chi connectivity index (χ1v) is 17.9. The molecular formula is C29H44F3N5O6S4. The molecule has 3 rings (SSSR count). The molecule has 0 bridgehead atoms. The molecule has 0 aliphatic heterocycles. The lowest BCUT2D eigenvalue weighted by molar-refractivity contribution is -0.385. The minimum absolute atomic E-state index is 0. The average molecular weight is 744 g/mol. The summed E-state index contributed by atoms with van der Waals surface area (Å²) in [6.45, 7) is 4.57. The number of non-ortho nitro benzene ring substituents is 2. The number of hydrogen-bond acceptors (Lipinski definition) is 13. The summed E-state index contributed by atoms with van der Waals surface area (Å²) in [5.41, 5.74) is 10.5. The third-order valence-electron chi connectivity index (χ3n) is 4.55. The average Bonchev–Trinajstić information content (AvgIpc) is 2.97. The van der Waals surface area contributed by atoms with E-state index in [0.717, 1.165) is 35.6 Å². The summed E-state index contributed by atoms with van der Waals surface area (Å²) in [5, 5.41) is 22.6. The van der Waals surface area contributed by atoms with Gasteiger partial charge < -0.3 is 16.3 Å². The van der Waals surface area contributed by atoms with Gasteiger partial charge in [0.15, 0.2) is 5.34 Å². The maximum absolute atomic E-state index is 12.7. The number of thioether (sulfide) groups is 2. The van der Waals surface area contributed by atoms with Gasteiger partial charge in [-0.1, -0.05) is 50.3 Å². The molecule has 0 atom stereocenters. The monoisotopic (exact) mass is 743 g/mol. The molecule has 4 N–H and O–H groups in total. The molecule has 0 heterocycles. The van der Waals surface area contributed by atoms with Crippen molar-refractivity contribution in [3.05, 3.63) is 97.2 Å². The van der Waals surface area contributed by atoms with Crippen LogP contribution >= 0.6 is 45.1 Å². The Morgan fingerprint density at radius 2 is 1.11 bits per heavy atom. The van der Waals surface area contributed by atoms with Gasteiger partial charge in [-0.05, 0) is 67.7 Å². The Kier molecular flexibility index (Phi) is 32.3. The van der Waals surface area contributed by atoms with Gasteiger partial charge in [-0.15, -0.1) is 28.4 Å². The van der Waals surface area contributed by atoms with Crippen molar-refractivity contribution >= 4 is 67.9 Å². The highest BCUT2D eigenvalue weighted by Gasteiger charge is 2.09. The maximum Gasteiger partial charge on any atom is 0.274 e. The third-order valence-corrected chi connectivity index (χ3v) is 7.30. The Labute approximate surface area is 291 Å². The van der Waals surface area contributed by atoms with Crippen LogP contribution in [0.25, 0.3) is 0 Å². The molecule has 3 aromatic rings. The largest absolute Gasteiger partial charge is 0.399 e. The van der Waals surface area contributed by atoms with Gasteiger partial charge in [-0.25, -0.2) is 13.2 Å². The fourth-order valence-electron chi connectivity index (χ4n) is 2.50. The molecular weight excluding hydrogens is 700 g/mol. The first-order valence-electron chi connectivity index (χ1n) is 12.4. The van der Waals surface area contributed by atoms with Crippen molar-refractivity contribution in [2.45, 2.75) is 44.9 Å². The summed E-state index contributed by atoms with van der Waals surface area (Å²) in [6, 6.07) is 11.0. The third kappa shape index (κ3) is 27.5. The minimum atomic E-state index is -0.698. The molecule has 0 saturated heterocycles. The second-order valence-electron chi connectivity index (χ2n) is 8.45. The van der Waals surface area contributed by atoms with Gasteiger partial charge >= 0.3 is 0 Å². The summed E-state index contributed by atoms with van der Waals surface area (Å²) in [4.78, 5) is 34.0. The number of nitrogens with zero attached hydrogens (tertiary/aromatic N) is 3. The van der Waals surface area contributed by atoms with Crippen LogP contribution < -0.4 is 11.5 Å². The molecule has 0 fully saturated rings. The van der Waals surface area contributed by atoms with E-state index in [0.29, 0.717) is 23.1 Å². The normalized spacial score (nSPS) is 9.06. The SMILES string of the molecule is C.C.CC(C)CCON=O.CSSC.CSc1cc(F)cc([N+](=O)[O-])c1.CSc1cc(N)cc(F)c1.Nc1cc(F)cc([N+](=O)[O-])c1. The lowest BCUT2D eigenvalue weighted by atomic mass is 10.1. The molecule has 0 amide bonds. The van der Waals surface area contributed by atoms with Crippen LogP contribution in [0.5, 0.6) is 0 Å². The second-order valence-corrected chi connectivity index (χ2v) is 12.9. The van der Waals surface area contributed by atoms with Crippen LogP contribution in [0.15, 0.2) is 69.7 Å². The zero-order valence-electron chi connectivity index (χ0n) is 25.4. The van der Waals surface area contributed by atoms with Gasteiger partial charge in [0, 0.05) is 33.3 Å². The van der Waals surface area contributed by atoms with Crippen LogP contribution in [-0.4, -0.2) is 41.5 Å². The Balaban J connectivity index is -0.000000251. The fraction of sp³-hybridized carbons (Fsp3) is 0.379. The molecule has 11 nitrogen and oxygen atoms in total. The van der Waals surface area contributed by atoms with Crippen LogP contribution in [0.4, 0.5) is 35.9 Å². The Morgan fingerprint density at radius 1 is 0.723 bits per heavy atom. The van der Waals surface area contributed by atoms with Gasteiger partial charge in [0.25, 0.3) is 11.4 Å². The van der Waals surface area contributed by atoms with E-state index in [4.69, 9.17) is 11.5 Å². The zero-order valence-corrected chi connectivity index (χ0v) is 28.7. The Hall–Kier alpha value is -3.35. The molecule has 266 valence electrons. The quantitative estimate of drug-likeness (QED) is 0.0404. The molecule has 0 radical (unpaired) electrons. The number of nitrogens with two attached hydrogens (primary N) is 2. The topological polar surface area (TPSA) is 177 Å². The van der Waals surface area contributed by atoms with Gasteiger partial charge in [0.05, 0.1) is 22.0 Å². The fourth-order valence-corrected chi connectivity index (χ4v) is 3.45. The molecule has 0 unspecified atom stereocenters. The Morgan fingerprint density at radius 3 is 1.45 bits per heavy atom. The lowest BCUT2D eigenvalue weighted by Gasteiger charge is -1.98. The first-order chi connectivity index (χ1) is 21.1. The van der Waals surface area contributed by atoms with Gasteiger partial charge in [0.2, 0.25) is 0 Å². The van der Waals surface area contributed by atoms with Crippen molar-refractivity contribution in [3.63, 3.8) is 0 Å². The molecule has 0 spiro atoms. The van der Waals surface area contributed by atoms with E-state index in [2.05, 4.69) is 36.5 Å². The summed E-state index contributed by atoms with van der Waals surface area (Å²) in [7, 11) is 3.55. The van der Waals surface area contributed by atoms with Crippen molar-refractivity contribution in [3.8, 4) is 0 Å². The zero-order chi connectivity index (χ0) is 34.9. The molecule has 0 aliphatic rings. The maximum atomic E-state index is 12.7. The van der Waals surface area contributed by atoms with E-state index in [1.54, 1.807) is 33.9 Å². The van der Waals surface area contributed by atoms with Crippen molar-refractivity contribution in [1.82, 2.24) is 0 Å². The van der Waals surface area contributed by atoms with Crippen molar-refractivity contribution in [2.24, 2.45) is 11.3 Å².